The van der Waals surface area contributed by atoms with Gasteiger partial charge in [0.05, 0.1) is 31.9 Å². The number of rotatable bonds is 7. The predicted octanol–water partition coefficient (Wildman–Crippen LogP) is 3.52. The molecule has 2 aliphatic heterocycles. The first-order valence-corrected chi connectivity index (χ1v) is 12.4. The van der Waals surface area contributed by atoms with Crippen molar-refractivity contribution in [1.82, 2.24) is 15.5 Å². The smallest absolute Gasteiger partial charge is 0.191 e. The van der Waals surface area contributed by atoms with Crippen molar-refractivity contribution in [3.63, 3.8) is 0 Å². The van der Waals surface area contributed by atoms with Crippen molar-refractivity contribution in [3.05, 3.63) is 22.4 Å². The van der Waals surface area contributed by atoms with Crippen molar-refractivity contribution >= 4 is 17.3 Å². The highest BCUT2D eigenvalue weighted by Gasteiger charge is 2.35. The molecule has 0 bridgehead atoms. The van der Waals surface area contributed by atoms with Crippen LogP contribution in [0.5, 0.6) is 0 Å². The minimum Gasteiger partial charge on any atom is -0.379 e. The Morgan fingerprint density at radius 2 is 2.07 bits per heavy atom. The van der Waals surface area contributed by atoms with E-state index in [0.717, 1.165) is 64.9 Å². The number of nitrogens with zero attached hydrogens (tertiary/aromatic N) is 2. The minimum absolute atomic E-state index is 0.156. The number of nitrogens with one attached hydrogen (secondary N) is 2. The van der Waals surface area contributed by atoms with E-state index in [1.807, 2.05) is 11.3 Å². The van der Waals surface area contributed by atoms with Gasteiger partial charge in [-0.15, -0.1) is 11.3 Å². The van der Waals surface area contributed by atoms with E-state index in [2.05, 4.69) is 60.7 Å². The van der Waals surface area contributed by atoms with Gasteiger partial charge >= 0.3 is 0 Å². The summed E-state index contributed by atoms with van der Waals surface area (Å²) in [6, 6.07) is 4.68. The molecule has 1 aromatic rings. The molecule has 0 saturated carbocycles. The van der Waals surface area contributed by atoms with Crippen LogP contribution >= 0.6 is 11.3 Å². The fraction of sp³-hybridized carbons (Fsp3) is 0.783. The monoisotopic (exact) mass is 436 g/mol. The summed E-state index contributed by atoms with van der Waals surface area (Å²) in [4.78, 5) is 8.88. The van der Waals surface area contributed by atoms with Gasteiger partial charge in [-0.1, -0.05) is 26.8 Å². The molecule has 2 aliphatic rings. The first-order chi connectivity index (χ1) is 14.5. The summed E-state index contributed by atoms with van der Waals surface area (Å²) in [5.74, 6) is 1.42. The van der Waals surface area contributed by atoms with Crippen LogP contribution in [0.25, 0.3) is 0 Å². The molecular formula is C23H40N4O2S. The van der Waals surface area contributed by atoms with Crippen molar-refractivity contribution in [1.29, 1.82) is 0 Å². The zero-order chi connectivity index (χ0) is 21.4. The van der Waals surface area contributed by atoms with Crippen LogP contribution in [0.15, 0.2) is 22.5 Å². The molecule has 3 heterocycles. The first-order valence-electron chi connectivity index (χ1n) is 11.5. The van der Waals surface area contributed by atoms with E-state index in [1.54, 1.807) is 0 Å². The number of thiophene rings is 1. The number of hydrogen-bond acceptors (Lipinski definition) is 5. The van der Waals surface area contributed by atoms with Crippen LogP contribution in [0.1, 0.15) is 51.5 Å². The highest BCUT2D eigenvalue weighted by molar-refractivity contribution is 7.10. The maximum atomic E-state index is 6.16. The van der Waals surface area contributed by atoms with Crippen LogP contribution in [0.4, 0.5) is 0 Å². The van der Waals surface area contributed by atoms with Gasteiger partial charge in [-0.2, -0.15) is 0 Å². The highest BCUT2D eigenvalue weighted by atomic mass is 32.1. The third-order valence-electron chi connectivity index (χ3n) is 5.95. The normalized spacial score (nSPS) is 25.1. The summed E-state index contributed by atoms with van der Waals surface area (Å²) in [7, 11) is 0. The Bertz CT molecular complexity index is 638. The molecule has 2 fully saturated rings. The largest absolute Gasteiger partial charge is 0.379 e. The maximum Gasteiger partial charge on any atom is 0.191 e. The van der Waals surface area contributed by atoms with Crippen LogP contribution in [-0.4, -0.2) is 69.5 Å². The van der Waals surface area contributed by atoms with Gasteiger partial charge in [0, 0.05) is 43.6 Å². The Labute approximate surface area is 186 Å². The molecule has 30 heavy (non-hydrogen) atoms. The molecule has 3 unspecified atom stereocenters. The zero-order valence-electron chi connectivity index (χ0n) is 19.2. The Hall–Kier alpha value is -1.15. The van der Waals surface area contributed by atoms with Crippen molar-refractivity contribution in [2.45, 2.75) is 52.7 Å². The lowest BCUT2D eigenvalue weighted by Gasteiger charge is -2.40. The molecule has 3 rings (SSSR count). The van der Waals surface area contributed by atoms with Gasteiger partial charge in [0.1, 0.15) is 0 Å². The zero-order valence-corrected chi connectivity index (χ0v) is 20.0. The van der Waals surface area contributed by atoms with E-state index in [-0.39, 0.29) is 11.5 Å². The standard InChI is InChI=1S/C23H40N4O2S/c1-5-24-22(25-16-18-8-6-12-29-21(18)23(2,3)4)26-17-19(20-9-7-15-30-20)27-10-13-28-14-11-27/h7,9,15,18-19,21H,5-6,8,10-14,16-17H2,1-4H3,(H2,24,25,26). The molecule has 6 nitrogen and oxygen atoms in total. The van der Waals surface area contributed by atoms with E-state index in [1.165, 1.54) is 11.3 Å². The third-order valence-corrected chi connectivity index (χ3v) is 6.93. The molecule has 0 aliphatic carbocycles. The number of ether oxygens (including phenoxy) is 2. The topological polar surface area (TPSA) is 58.1 Å². The summed E-state index contributed by atoms with van der Waals surface area (Å²) in [6.45, 7) is 15.9. The number of morpholine rings is 1. The Kier molecular flexibility index (Phi) is 8.98. The SMILES string of the molecule is CCNC(=NCC(c1cccs1)N1CCOCC1)NCC1CCCOC1C(C)(C)C. The van der Waals surface area contributed by atoms with Crippen molar-refractivity contribution < 1.29 is 9.47 Å². The highest BCUT2D eigenvalue weighted by Crippen LogP contribution is 2.33. The van der Waals surface area contributed by atoms with Gasteiger partial charge in [0.15, 0.2) is 5.96 Å². The lowest BCUT2D eigenvalue weighted by atomic mass is 9.78. The van der Waals surface area contributed by atoms with E-state index < -0.39 is 0 Å². The fourth-order valence-corrected chi connectivity index (χ4v) is 5.36. The van der Waals surface area contributed by atoms with E-state index >= 15 is 0 Å². The first kappa shape index (κ1) is 23.5. The Balaban J connectivity index is 1.64. The second kappa shape index (κ2) is 11.5. The summed E-state index contributed by atoms with van der Waals surface area (Å²) in [5.41, 5.74) is 0.156. The Morgan fingerprint density at radius 3 is 2.73 bits per heavy atom. The van der Waals surface area contributed by atoms with Gasteiger partial charge in [-0.3, -0.25) is 9.89 Å². The van der Waals surface area contributed by atoms with Gasteiger partial charge in [0.2, 0.25) is 0 Å². The predicted molar refractivity (Wildman–Crippen MR) is 125 cm³/mol. The molecule has 2 saturated heterocycles. The van der Waals surface area contributed by atoms with Crippen molar-refractivity contribution in [3.8, 4) is 0 Å². The van der Waals surface area contributed by atoms with Crippen LogP contribution in [0, 0.1) is 11.3 Å². The van der Waals surface area contributed by atoms with Gasteiger partial charge < -0.3 is 20.1 Å². The quantitative estimate of drug-likeness (QED) is 0.506. The third kappa shape index (κ3) is 6.67. The van der Waals surface area contributed by atoms with E-state index in [0.29, 0.717) is 12.0 Å². The molecule has 0 amide bonds. The molecular weight excluding hydrogens is 396 g/mol. The lowest BCUT2D eigenvalue weighted by molar-refractivity contribution is -0.0835. The number of aliphatic imine (C=N–C) groups is 1. The van der Waals surface area contributed by atoms with E-state index in [9.17, 15) is 0 Å². The Morgan fingerprint density at radius 1 is 1.27 bits per heavy atom. The second-order valence-electron chi connectivity index (χ2n) is 9.34. The van der Waals surface area contributed by atoms with Crippen LogP contribution < -0.4 is 10.6 Å². The molecule has 7 heteroatoms. The molecule has 1 aromatic heterocycles. The average Bonchev–Trinajstić information content (AvgIpc) is 3.27. The van der Waals surface area contributed by atoms with Crippen LogP contribution in [0.3, 0.4) is 0 Å². The fourth-order valence-electron chi connectivity index (χ4n) is 4.51. The van der Waals surface area contributed by atoms with Gasteiger partial charge in [0.25, 0.3) is 0 Å². The van der Waals surface area contributed by atoms with Gasteiger partial charge in [-0.05, 0) is 36.6 Å². The van der Waals surface area contributed by atoms with Crippen molar-refractivity contribution in [2.75, 3.05) is 52.5 Å². The molecule has 0 aromatic carbocycles. The average molecular weight is 437 g/mol. The number of hydrogen-bond donors (Lipinski definition) is 2. The minimum atomic E-state index is 0.156. The summed E-state index contributed by atoms with van der Waals surface area (Å²) >= 11 is 1.82. The lowest BCUT2D eigenvalue weighted by Crippen LogP contribution is -2.47. The van der Waals surface area contributed by atoms with Crippen LogP contribution in [0.2, 0.25) is 0 Å². The second-order valence-corrected chi connectivity index (χ2v) is 10.3. The summed E-state index contributed by atoms with van der Waals surface area (Å²) in [6.07, 6.45) is 2.64. The summed E-state index contributed by atoms with van der Waals surface area (Å²) in [5, 5.41) is 9.21. The molecule has 0 spiro atoms. The maximum absolute atomic E-state index is 6.16. The molecule has 3 atom stereocenters. The van der Waals surface area contributed by atoms with Gasteiger partial charge in [-0.25, -0.2) is 0 Å². The molecule has 2 N–H and O–H groups in total. The number of guanidine groups is 1. The summed E-state index contributed by atoms with van der Waals surface area (Å²) < 4.78 is 11.7. The molecule has 170 valence electrons. The van der Waals surface area contributed by atoms with Crippen LogP contribution in [-0.2, 0) is 9.47 Å². The molecule has 0 radical (unpaired) electrons. The van der Waals surface area contributed by atoms with Crippen molar-refractivity contribution in [2.24, 2.45) is 16.3 Å². The van der Waals surface area contributed by atoms with E-state index in [4.69, 9.17) is 14.5 Å².